The molecule has 1 aromatic heterocycles. The predicted octanol–water partition coefficient (Wildman–Crippen LogP) is 4.37. The lowest BCUT2D eigenvalue weighted by molar-refractivity contribution is -0.123. The number of aromatic nitrogens is 2. The zero-order valence-corrected chi connectivity index (χ0v) is 17.8. The second-order valence-corrected chi connectivity index (χ2v) is 8.42. The van der Waals surface area contributed by atoms with Crippen LogP contribution in [0.4, 0.5) is 27.3 Å². The minimum absolute atomic E-state index is 0.0876. The molecule has 31 heavy (non-hydrogen) atoms. The lowest BCUT2D eigenvalue weighted by Crippen LogP contribution is -2.42. The maximum Gasteiger partial charge on any atom is 0.230 e. The maximum absolute atomic E-state index is 14.2. The number of hydrogen-bond donors (Lipinski definition) is 1. The smallest absolute Gasteiger partial charge is 0.230 e. The first-order valence-electron chi connectivity index (χ1n) is 10.7. The summed E-state index contributed by atoms with van der Waals surface area (Å²) in [5.74, 6) is 0.739. The number of carbonyl (C=O) groups excluding carboxylic acids is 1. The molecule has 7 heteroatoms. The molecule has 0 unspecified atom stereocenters. The number of benzene rings is 2. The Hall–Kier alpha value is -3.35. The minimum atomic E-state index is -0.209. The Kier molecular flexibility index (Phi) is 4.88. The zero-order chi connectivity index (χ0) is 21.5. The number of nitrogens with zero attached hydrogens (tertiary/aromatic N) is 4. The zero-order valence-electron chi connectivity index (χ0n) is 17.8. The predicted molar refractivity (Wildman–Crippen MR) is 120 cm³/mol. The van der Waals surface area contributed by atoms with E-state index in [9.17, 15) is 9.18 Å². The van der Waals surface area contributed by atoms with Crippen LogP contribution < -0.4 is 15.1 Å². The van der Waals surface area contributed by atoms with Crippen LogP contribution >= 0.6 is 0 Å². The van der Waals surface area contributed by atoms with E-state index in [4.69, 9.17) is 0 Å². The van der Waals surface area contributed by atoms with Gasteiger partial charge < -0.3 is 15.1 Å². The summed E-state index contributed by atoms with van der Waals surface area (Å²) in [6, 6.07) is 13.0. The summed E-state index contributed by atoms with van der Waals surface area (Å²) in [6.07, 6.45) is 3.23. The highest BCUT2D eigenvalue weighted by molar-refractivity contribution is 5.99. The third-order valence-corrected chi connectivity index (χ3v) is 6.34. The average molecular weight is 420 g/mol. The molecule has 0 aliphatic carbocycles. The van der Waals surface area contributed by atoms with Gasteiger partial charge in [0.05, 0.1) is 29.8 Å². The van der Waals surface area contributed by atoms with Crippen LogP contribution in [0.2, 0.25) is 0 Å². The topological polar surface area (TPSA) is 53.4 Å². The van der Waals surface area contributed by atoms with Gasteiger partial charge >= 0.3 is 0 Å². The van der Waals surface area contributed by atoms with Crippen molar-refractivity contribution >= 4 is 28.8 Å². The molecule has 0 radical (unpaired) electrons. The molecule has 160 valence electrons. The Labute approximate surface area is 181 Å². The molecule has 6 nitrogen and oxygen atoms in total. The van der Waals surface area contributed by atoms with Crippen molar-refractivity contribution in [2.75, 3.05) is 28.2 Å². The number of fused-ring (bicyclic) bond motifs is 2. The lowest BCUT2D eigenvalue weighted by Gasteiger charge is -2.35. The van der Waals surface area contributed by atoms with Crippen LogP contribution in [0.3, 0.4) is 0 Å². The van der Waals surface area contributed by atoms with Gasteiger partial charge in [-0.2, -0.15) is 5.10 Å². The van der Waals surface area contributed by atoms with E-state index in [2.05, 4.69) is 16.5 Å². The van der Waals surface area contributed by atoms with Crippen molar-refractivity contribution in [1.82, 2.24) is 9.78 Å². The molecule has 0 atom stereocenters. The second-order valence-electron chi connectivity index (χ2n) is 8.42. The number of nitrogens with one attached hydrogen (secondary N) is 1. The first kappa shape index (κ1) is 19.6. The van der Waals surface area contributed by atoms with Crippen LogP contribution in [0.15, 0.2) is 48.7 Å². The standard InChI is InChI=1S/C24H26FN5O/c1-16-7-8-22-20(13-16)27-23-18(14-26-28(23)2)15-30(22)24(31)17-9-11-29(12-10-17)21-6-4-3-5-19(21)25/h3-8,13-14,17,27H,9-12,15H2,1-2H3. The summed E-state index contributed by atoms with van der Waals surface area (Å²) in [5, 5.41) is 7.84. The van der Waals surface area contributed by atoms with Gasteiger partial charge in [0, 0.05) is 31.6 Å². The molecule has 5 rings (SSSR count). The molecular weight excluding hydrogens is 393 g/mol. The van der Waals surface area contributed by atoms with Crippen LogP contribution in [0.1, 0.15) is 24.0 Å². The van der Waals surface area contributed by atoms with Crippen molar-refractivity contribution in [3.8, 4) is 0 Å². The van der Waals surface area contributed by atoms with Crippen molar-refractivity contribution in [3.05, 3.63) is 65.6 Å². The van der Waals surface area contributed by atoms with Gasteiger partial charge in [-0.3, -0.25) is 9.48 Å². The number of rotatable bonds is 2. The van der Waals surface area contributed by atoms with Gasteiger partial charge in [0.2, 0.25) is 5.91 Å². The summed E-state index contributed by atoms with van der Waals surface area (Å²) >= 11 is 0. The van der Waals surface area contributed by atoms with E-state index in [0.29, 0.717) is 38.2 Å². The SMILES string of the molecule is Cc1ccc2c(c1)Nc1c(cnn1C)CN2C(=O)C1CCN(c2ccccc2F)CC1. The van der Waals surface area contributed by atoms with Gasteiger partial charge in [-0.15, -0.1) is 0 Å². The van der Waals surface area contributed by atoms with Gasteiger partial charge in [0.1, 0.15) is 11.6 Å². The Bertz CT molecular complexity index is 1130. The lowest BCUT2D eigenvalue weighted by atomic mass is 9.94. The molecule has 2 aliphatic rings. The van der Waals surface area contributed by atoms with Crippen LogP contribution in [-0.4, -0.2) is 28.8 Å². The highest BCUT2D eigenvalue weighted by Gasteiger charge is 2.33. The highest BCUT2D eigenvalue weighted by Crippen LogP contribution is 2.38. The number of piperidine rings is 1. The van der Waals surface area contributed by atoms with Gasteiger partial charge in [0.15, 0.2) is 0 Å². The molecule has 1 N–H and O–H groups in total. The maximum atomic E-state index is 14.2. The normalized spacial score (nSPS) is 16.4. The van der Waals surface area contributed by atoms with Crippen LogP contribution in [0.5, 0.6) is 0 Å². The molecule has 1 fully saturated rings. The molecule has 3 aromatic rings. The largest absolute Gasteiger partial charge is 0.369 e. The fraction of sp³-hybridized carbons (Fsp3) is 0.333. The van der Waals surface area contributed by atoms with E-state index in [1.165, 1.54) is 6.07 Å². The third kappa shape index (κ3) is 3.54. The van der Waals surface area contributed by atoms with Gasteiger partial charge in [-0.25, -0.2) is 4.39 Å². The molecule has 2 aromatic carbocycles. The van der Waals surface area contributed by atoms with Crippen LogP contribution in [0.25, 0.3) is 0 Å². The van der Waals surface area contributed by atoms with Crippen molar-refractivity contribution in [3.63, 3.8) is 0 Å². The Morgan fingerprint density at radius 1 is 1.13 bits per heavy atom. The summed E-state index contributed by atoms with van der Waals surface area (Å²) in [7, 11) is 1.90. The van der Waals surface area contributed by atoms with Crippen molar-refractivity contribution in [1.29, 1.82) is 0 Å². The second kappa shape index (κ2) is 7.72. The molecule has 1 saturated heterocycles. The van der Waals surface area contributed by atoms with Crippen LogP contribution in [-0.2, 0) is 18.4 Å². The van der Waals surface area contributed by atoms with E-state index >= 15 is 0 Å². The van der Waals surface area contributed by atoms with E-state index in [-0.39, 0.29) is 17.6 Å². The number of carbonyl (C=O) groups is 1. The number of halogens is 1. The number of para-hydroxylation sites is 1. The number of amides is 1. The number of hydrogen-bond acceptors (Lipinski definition) is 4. The summed E-state index contributed by atoms with van der Waals surface area (Å²) in [4.78, 5) is 17.6. The molecular formula is C24H26FN5O. The van der Waals surface area contributed by atoms with Crippen LogP contribution in [0, 0.1) is 18.7 Å². The Morgan fingerprint density at radius 3 is 2.68 bits per heavy atom. The minimum Gasteiger partial charge on any atom is -0.369 e. The third-order valence-electron chi connectivity index (χ3n) is 6.34. The number of anilines is 4. The quantitative estimate of drug-likeness (QED) is 0.670. The van der Waals surface area contributed by atoms with Gasteiger partial charge in [-0.1, -0.05) is 18.2 Å². The fourth-order valence-corrected chi connectivity index (χ4v) is 4.62. The van der Waals surface area contributed by atoms with Crippen molar-refractivity contribution in [2.24, 2.45) is 13.0 Å². The molecule has 3 heterocycles. The molecule has 0 saturated carbocycles. The Balaban J connectivity index is 1.40. The first-order valence-corrected chi connectivity index (χ1v) is 10.7. The van der Waals surface area contributed by atoms with Gasteiger partial charge in [-0.05, 0) is 49.6 Å². The van der Waals surface area contributed by atoms with Crippen molar-refractivity contribution < 1.29 is 9.18 Å². The van der Waals surface area contributed by atoms with E-state index in [1.54, 1.807) is 12.1 Å². The fourth-order valence-electron chi connectivity index (χ4n) is 4.62. The molecule has 1 amide bonds. The van der Waals surface area contributed by atoms with Crippen molar-refractivity contribution in [2.45, 2.75) is 26.3 Å². The average Bonchev–Trinajstić information content (AvgIpc) is 3.02. The molecule has 2 aliphatic heterocycles. The Morgan fingerprint density at radius 2 is 1.90 bits per heavy atom. The van der Waals surface area contributed by atoms with Gasteiger partial charge in [0.25, 0.3) is 0 Å². The summed E-state index contributed by atoms with van der Waals surface area (Å²) in [6.45, 7) is 3.87. The highest BCUT2D eigenvalue weighted by atomic mass is 19.1. The first-order chi connectivity index (χ1) is 15.0. The number of aryl methyl sites for hydroxylation is 2. The van der Waals surface area contributed by atoms with E-state index < -0.39 is 0 Å². The van der Waals surface area contributed by atoms with E-state index in [0.717, 1.165) is 28.3 Å². The van der Waals surface area contributed by atoms with E-state index in [1.807, 2.05) is 52.8 Å². The molecule has 0 bridgehead atoms. The monoisotopic (exact) mass is 419 g/mol. The molecule has 0 spiro atoms. The summed E-state index contributed by atoms with van der Waals surface area (Å²) in [5.41, 5.74) is 4.55. The summed E-state index contributed by atoms with van der Waals surface area (Å²) < 4.78 is 16.0.